The highest BCUT2D eigenvalue weighted by Gasteiger charge is 2.33. The smallest absolute Gasteiger partial charge is 0.226 e. The Kier molecular flexibility index (Phi) is 4.31. The van der Waals surface area contributed by atoms with Crippen molar-refractivity contribution in [2.24, 2.45) is 5.41 Å². The molecule has 0 atom stereocenters. The number of pyridine rings is 1. The molecule has 1 amide bonds. The van der Waals surface area contributed by atoms with Gasteiger partial charge in [0.25, 0.3) is 0 Å². The maximum Gasteiger partial charge on any atom is 0.226 e. The lowest BCUT2D eigenvalue weighted by Gasteiger charge is -2.32. The second kappa shape index (κ2) is 5.96. The van der Waals surface area contributed by atoms with Gasteiger partial charge in [-0.25, -0.2) is 0 Å². The molecule has 2 heterocycles. The second-order valence-electron chi connectivity index (χ2n) is 5.18. The fourth-order valence-electron chi connectivity index (χ4n) is 2.29. The van der Waals surface area contributed by atoms with Gasteiger partial charge in [0.05, 0.1) is 0 Å². The Bertz CT molecular complexity index is 385. The Hall–Kier alpha value is -1.42. The van der Waals surface area contributed by atoms with E-state index in [1.54, 1.807) is 6.20 Å². The SMILES string of the molecule is CC1(C(=O)NCCc2cccnc2)CCNCC1. The maximum atomic E-state index is 12.2. The first kappa shape index (κ1) is 13.0. The molecule has 0 aromatic carbocycles. The first-order valence-electron chi connectivity index (χ1n) is 6.59. The van der Waals surface area contributed by atoms with Crippen LogP contribution in [0.2, 0.25) is 0 Å². The van der Waals surface area contributed by atoms with Crippen LogP contribution in [0.15, 0.2) is 24.5 Å². The highest BCUT2D eigenvalue weighted by Crippen LogP contribution is 2.27. The first-order valence-corrected chi connectivity index (χ1v) is 6.59. The maximum absolute atomic E-state index is 12.2. The van der Waals surface area contributed by atoms with Crippen LogP contribution in [0.25, 0.3) is 0 Å². The van der Waals surface area contributed by atoms with Crippen LogP contribution in [0.4, 0.5) is 0 Å². The molecule has 1 fully saturated rings. The van der Waals surface area contributed by atoms with Gasteiger partial charge in [0.15, 0.2) is 0 Å². The molecule has 0 spiro atoms. The summed E-state index contributed by atoms with van der Waals surface area (Å²) < 4.78 is 0. The number of hydrogen-bond donors (Lipinski definition) is 2. The van der Waals surface area contributed by atoms with Gasteiger partial charge in [-0.2, -0.15) is 0 Å². The average molecular weight is 247 g/mol. The van der Waals surface area contributed by atoms with Crippen LogP contribution < -0.4 is 10.6 Å². The van der Waals surface area contributed by atoms with E-state index in [2.05, 4.69) is 22.5 Å². The lowest BCUT2D eigenvalue weighted by molar-refractivity contribution is -0.131. The van der Waals surface area contributed by atoms with E-state index in [1.165, 1.54) is 0 Å². The molecule has 0 bridgehead atoms. The van der Waals surface area contributed by atoms with E-state index in [-0.39, 0.29) is 11.3 Å². The minimum atomic E-state index is -0.194. The third-order valence-corrected chi connectivity index (χ3v) is 3.68. The van der Waals surface area contributed by atoms with Crippen LogP contribution in [0.3, 0.4) is 0 Å². The number of amides is 1. The van der Waals surface area contributed by atoms with Gasteiger partial charge in [-0.3, -0.25) is 9.78 Å². The minimum Gasteiger partial charge on any atom is -0.355 e. The lowest BCUT2D eigenvalue weighted by Crippen LogP contribution is -2.46. The molecule has 1 saturated heterocycles. The Morgan fingerprint density at radius 3 is 2.94 bits per heavy atom. The number of nitrogens with zero attached hydrogens (tertiary/aromatic N) is 1. The first-order chi connectivity index (χ1) is 8.71. The van der Waals surface area contributed by atoms with E-state index < -0.39 is 0 Å². The van der Waals surface area contributed by atoms with Gasteiger partial charge < -0.3 is 10.6 Å². The molecule has 4 nitrogen and oxygen atoms in total. The molecule has 1 aliphatic rings. The Labute approximate surface area is 108 Å². The topological polar surface area (TPSA) is 54.0 Å². The fourth-order valence-corrected chi connectivity index (χ4v) is 2.29. The van der Waals surface area contributed by atoms with Gasteiger partial charge in [0.2, 0.25) is 5.91 Å². The molecule has 2 N–H and O–H groups in total. The molecule has 2 rings (SSSR count). The summed E-state index contributed by atoms with van der Waals surface area (Å²) in [6.45, 7) is 4.62. The van der Waals surface area contributed by atoms with Crippen molar-refractivity contribution in [2.45, 2.75) is 26.2 Å². The van der Waals surface area contributed by atoms with Gasteiger partial charge in [-0.1, -0.05) is 13.0 Å². The van der Waals surface area contributed by atoms with Gasteiger partial charge in [-0.15, -0.1) is 0 Å². The lowest BCUT2D eigenvalue weighted by atomic mass is 9.80. The van der Waals surface area contributed by atoms with Crippen LogP contribution in [0.5, 0.6) is 0 Å². The average Bonchev–Trinajstić information content (AvgIpc) is 2.41. The van der Waals surface area contributed by atoms with E-state index in [0.29, 0.717) is 6.54 Å². The molecule has 18 heavy (non-hydrogen) atoms. The van der Waals surface area contributed by atoms with Crippen LogP contribution in [-0.4, -0.2) is 30.5 Å². The molecular weight excluding hydrogens is 226 g/mol. The summed E-state index contributed by atoms with van der Waals surface area (Å²) in [7, 11) is 0. The Balaban J connectivity index is 1.78. The number of rotatable bonds is 4. The molecule has 0 saturated carbocycles. The molecule has 1 aliphatic heterocycles. The van der Waals surface area contributed by atoms with Crippen molar-refractivity contribution in [1.82, 2.24) is 15.6 Å². The van der Waals surface area contributed by atoms with E-state index >= 15 is 0 Å². The van der Waals surface area contributed by atoms with Crippen molar-refractivity contribution in [3.8, 4) is 0 Å². The number of hydrogen-bond acceptors (Lipinski definition) is 3. The molecule has 4 heteroatoms. The fraction of sp³-hybridized carbons (Fsp3) is 0.571. The normalized spacial score (nSPS) is 18.3. The van der Waals surface area contributed by atoms with E-state index in [4.69, 9.17) is 0 Å². The monoisotopic (exact) mass is 247 g/mol. The van der Waals surface area contributed by atoms with Gasteiger partial charge in [0.1, 0.15) is 0 Å². The molecule has 0 radical (unpaired) electrons. The van der Waals surface area contributed by atoms with E-state index in [1.807, 2.05) is 18.3 Å². The van der Waals surface area contributed by atoms with Gasteiger partial charge in [-0.05, 0) is 44.0 Å². The Morgan fingerprint density at radius 1 is 1.50 bits per heavy atom. The van der Waals surface area contributed by atoms with Crippen molar-refractivity contribution < 1.29 is 4.79 Å². The zero-order valence-corrected chi connectivity index (χ0v) is 10.9. The number of aromatic nitrogens is 1. The molecule has 1 aromatic heterocycles. The quantitative estimate of drug-likeness (QED) is 0.838. The minimum absolute atomic E-state index is 0.188. The predicted octanol–water partition coefficient (Wildman–Crippen LogP) is 1.13. The van der Waals surface area contributed by atoms with Crippen molar-refractivity contribution in [1.29, 1.82) is 0 Å². The van der Waals surface area contributed by atoms with Crippen LogP contribution in [0, 0.1) is 5.41 Å². The zero-order chi connectivity index (χ0) is 12.8. The predicted molar refractivity (Wildman–Crippen MR) is 71.2 cm³/mol. The summed E-state index contributed by atoms with van der Waals surface area (Å²) in [5.41, 5.74) is 0.966. The van der Waals surface area contributed by atoms with Crippen molar-refractivity contribution >= 4 is 5.91 Å². The third-order valence-electron chi connectivity index (χ3n) is 3.68. The van der Waals surface area contributed by atoms with Crippen molar-refractivity contribution in [3.63, 3.8) is 0 Å². The zero-order valence-electron chi connectivity index (χ0n) is 10.9. The summed E-state index contributed by atoms with van der Waals surface area (Å²) >= 11 is 0. The number of piperidine rings is 1. The second-order valence-corrected chi connectivity index (χ2v) is 5.18. The van der Waals surface area contributed by atoms with Crippen LogP contribution in [-0.2, 0) is 11.2 Å². The molecule has 98 valence electrons. The molecule has 1 aromatic rings. The van der Waals surface area contributed by atoms with Crippen molar-refractivity contribution in [3.05, 3.63) is 30.1 Å². The summed E-state index contributed by atoms with van der Waals surface area (Å²) in [5, 5.41) is 6.34. The Morgan fingerprint density at radius 2 is 2.28 bits per heavy atom. The largest absolute Gasteiger partial charge is 0.355 e. The van der Waals surface area contributed by atoms with E-state index in [9.17, 15) is 4.79 Å². The summed E-state index contributed by atoms with van der Waals surface area (Å²) in [4.78, 5) is 16.2. The number of carbonyl (C=O) groups is 1. The highest BCUT2D eigenvalue weighted by atomic mass is 16.2. The van der Waals surface area contributed by atoms with Gasteiger partial charge >= 0.3 is 0 Å². The number of carbonyl (C=O) groups excluding carboxylic acids is 1. The molecule has 0 aliphatic carbocycles. The summed E-state index contributed by atoms with van der Waals surface area (Å²) in [6, 6.07) is 3.96. The number of nitrogens with one attached hydrogen (secondary N) is 2. The van der Waals surface area contributed by atoms with Crippen LogP contribution in [0.1, 0.15) is 25.3 Å². The highest BCUT2D eigenvalue weighted by molar-refractivity contribution is 5.82. The van der Waals surface area contributed by atoms with E-state index in [0.717, 1.165) is 37.9 Å². The summed E-state index contributed by atoms with van der Waals surface area (Å²) in [6.07, 6.45) is 6.29. The van der Waals surface area contributed by atoms with Crippen molar-refractivity contribution in [2.75, 3.05) is 19.6 Å². The standard InChI is InChI=1S/C14H21N3O/c1-14(5-9-15-10-6-14)13(18)17-8-4-12-3-2-7-16-11-12/h2-3,7,11,15H,4-6,8-10H2,1H3,(H,17,18). The molecule has 0 unspecified atom stereocenters. The van der Waals surface area contributed by atoms with Crippen LogP contribution >= 0.6 is 0 Å². The molecular formula is C14H21N3O. The van der Waals surface area contributed by atoms with Gasteiger partial charge in [0, 0.05) is 24.4 Å². The third kappa shape index (κ3) is 3.29. The summed E-state index contributed by atoms with van der Waals surface area (Å²) in [5.74, 6) is 0.188.